The van der Waals surface area contributed by atoms with Gasteiger partial charge in [-0.2, -0.15) is 0 Å². The van der Waals surface area contributed by atoms with E-state index in [2.05, 4.69) is 9.97 Å². The molecule has 0 aliphatic rings. The van der Waals surface area contributed by atoms with Gasteiger partial charge in [-0.3, -0.25) is 14.3 Å². The van der Waals surface area contributed by atoms with E-state index in [1.165, 1.54) is 0 Å². The second-order valence-corrected chi connectivity index (χ2v) is 7.17. The van der Waals surface area contributed by atoms with E-state index in [9.17, 15) is 4.79 Å². The average molecular weight is 408 g/mol. The van der Waals surface area contributed by atoms with Gasteiger partial charge in [0.1, 0.15) is 11.6 Å². The second-order valence-electron chi connectivity index (χ2n) is 7.17. The second kappa shape index (κ2) is 7.57. The van der Waals surface area contributed by atoms with Gasteiger partial charge in [-0.25, -0.2) is 4.98 Å². The molecule has 0 spiro atoms. The van der Waals surface area contributed by atoms with Gasteiger partial charge in [0.15, 0.2) is 0 Å². The van der Waals surface area contributed by atoms with Crippen LogP contribution < -0.4 is 16.0 Å². The summed E-state index contributed by atoms with van der Waals surface area (Å²) in [5.41, 5.74) is 9.80. The van der Waals surface area contributed by atoms with Crippen LogP contribution in [0.2, 0.25) is 0 Å². The number of hydrogen-bond donors (Lipinski definition) is 1. The predicted molar refractivity (Wildman–Crippen MR) is 124 cm³/mol. The van der Waals surface area contributed by atoms with Crippen LogP contribution in [0.5, 0.6) is 5.75 Å². The van der Waals surface area contributed by atoms with Gasteiger partial charge in [-0.05, 0) is 55.0 Å². The van der Waals surface area contributed by atoms with Crippen molar-refractivity contribution in [3.8, 4) is 22.6 Å². The number of anilines is 1. The highest BCUT2D eigenvalue weighted by Gasteiger charge is 2.14. The van der Waals surface area contributed by atoms with Crippen LogP contribution >= 0.6 is 0 Å². The standard InChI is InChI=1S/C25H20N4O2/c1-2-31-22-6-4-3-5-21(22)29-24(30)12-9-18-15-27-20-10-7-16(13-19(20)25(18)29)17-8-11-23(26)28-14-17/h3-15H,2H2,1H3,(H2,26,28). The van der Waals surface area contributed by atoms with E-state index in [0.29, 0.717) is 23.9 Å². The molecule has 0 saturated carbocycles. The molecule has 0 aliphatic heterocycles. The Morgan fingerprint density at radius 2 is 1.77 bits per heavy atom. The van der Waals surface area contributed by atoms with E-state index in [1.54, 1.807) is 35.2 Å². The number of aromatic nitrogens is 3. The van der Waals surface area contributed by atoms with Gasteiger partial charge < -0.3 is 10.5 Å². The first-order chi connectivity index (χ1) is 15.2. The minimum atomic E-state index is -0.133. The first-order valence-corrected chi connectivity index (χ1v) is 10.0. The van der Waals surface area contributed by atoms with Crippen molar-refractivity contribution in [1.29, 1.82) is 0 Å². The number of nitrogens with zero attached hydrogens (tertiary/aromatic N) is 3. The van der Waals surface area contributed by atoms with Gasteiger partial charge in [0.05, 0.1) is 23.3 Å². The molecule has 6 heteroatoms. The molecule has 31 heavy (non-hydrogen) atoms. The Bertz CT molecular complexity index is 1470. The number of ether oxygens (including phenoxy) is 1. The van der Waals surface area contributed by atoms with E-state index >= 15 is 0 Å². The van der Waals surface area contributed by atoms with E-state index in [0.717, 1.165) is 32.9 Å². The monoisotopic (exact) mass is 408 g/mol. The van der Waals surface area contributed by atoms with E-state index in [-0.39, 0.29) is 5.56 Å². The SMILES string of the molecule is CCOc1ccccc1-n1c(=O)ccc2cnc3ccc(-c4ccc(N)nc4)cc3c21. The minimum absolute atomic E-state index is 0.133. The quantitative estimate of drug-likeness (QED) is 0.440. The largest absolute Gasteiger partial charge is 0.492 e. The lowest BCUT2D eigenvalue weighted by Crippen LogP contribution is -2.18. The first-order valence-electron chi connectivity index (χ1n) is 10.0. The van der Waals surface area contributed by atoms with Crippen LogP contribution in [0.15, 0.2) is 83.9 Å². The smallest absolute Gasteiger partial charge is 0.255 e. The van der Waals surface area contributed by atoms with E-state index in [4.69, 9.17) is 10.5 Å². The molecule has 0 saturated heterocycles. The summed E-state index contributed by atoms with van der Waals surface area (Å²) in [6.45, 7) is 2.43. The summed E-state index contributed by atoms with van der Waals surface area (Å²) >= 11 is 0. The summed E-state index contributed by atoms with van der Waals surface area (Å²) in [5.74, 6) is 1.13. The highest BCUT2D eigenvalue weighted by atomic mass is 16.5. The molecule has 0 fully saturated rings. The Morgan fingerprint density at radius 1 is 0.935 bits per heavy atom. The lowest BCUT2D eigenvalue weighted by atomic mass is 10.0. The number of benzene rings is 2. The number of rotatable bonds is 4. The van der Waals surface area contributed by atoms with Gasteiger partial charge in [-0.15, -0.1) is 0 Å². The van der Waals surface area contributed by atoms with Crippen molar-refractivity contribution in [3.63, 3.8) is 0 Å². The molecular weight excluding hydrogens is 388 g/mol. The molecule has 152 valence electrons. The molecule has 5 rings (SSSR count). The van der Waals surface area contributed by atoms with Crippen molar-refractivity contribution >= 4 is 27.6 Å². The topological polar surface area (TPSA) is 83.0 Å². The zero-order valence-electron chi connectivity index (χ0n) is 16.9. The van der Waals surface area contributed by atoms with Gasteiger partial charge in [0, 0.05) is 34.8 Å². The molecule has 0 atom stereocenters. The predicted octanol–water partition coefficient (Wildman–Crippen LogP) is 4.58. The van der Waals surface area contributed by atoms with Crippen LogP contribution in [0.25, 0.3) is 38.6 Å². The maximum Gasteiger partial charge on any atom is 0.255 e. The van der Waals surface area contributed by atoms with Gasteiger partial charge in [0.25, 0.3) is 5.56 Å². The molecule has 0 radical (unpaired) electrons. The summed E-state index contributed by atoms with van der Waals surface area (Å²) in [4.78, 5) is 21.9. The number of para-hydroxylation sites is 2. The van der Waals surface area contributed by atoms with Crippen molar-refractivity contribution in [1.82, 2.24) is 14.5 Å². The Morgan fingerprint density at radius 3 is 2.58 bits per heavy atom. The number of fused-ring (bicyclic) bond motifs is 3. The van der Waals surface area contributed by atoms with Gasteiger partial charge in [-0.1, -0.05) is 18.2 Å². The molecular formula is C25H20N4O2. The van der Waals surface area contributed by atoms with Crippen molar-refractivity contribution in [2.75, 3.05) is 12.3 Å². The highest BCUT2D eigenvalue weighted by Crippen LogP contribution is 2.31. The fourth-order valence-corrected chi connectivity index (χ4v) is 3.83. The summed E-state index contributed by atoms with van der Waals surface area (Å²) < 4.78 is 7.52. The van der Waals surface area contributed by atoms with Crippen molar-refractivity contribution in [2.45, 2.75) is 6.92 Å². The number of nitrogens with two attached hydrogens (primary N) is 1. The summed E-state index contributed by atoms with van der Waals surface area (Å²) in [6.07, 6.45) is 3.54. The molecule has 2 aromatic carbocycles. The molecule has 0 amide bonds. The lowest BCUT2D eigenvalue weighted by Gasteiger charge is -2.16. The molecule has 2 N–H and O–H groups in total. The molecule has 0 aliphatic carbocycles. The molecule has 0 bridgehead atoms. The fraction of sp³-hybridized carbons (Fsp3) is 0.0800. The molecule has 0 unspecified atom stereocenters. The average Bonchev–Trinajstić information content (AvgIpc) is 2.80. The zero-order chi connectivity index (χ0) is 21.4. The molecule has 3 aromatic heterocycles. The van der Waals surface area contributed by atoms with Crippen LogP contribution in [-0.4, -0.2) is 21.1 Å². The summed E-state index contributed by atoms with van der Waals surface area (Å²) in [5, 5.41) is 1.74. The number of nitrogen functional groups attached to an aromatic ring is 1. The summed E-state index contributed by atoms with van der Waals surface area (Å²) in [7, 11) is 0. The maximum absolute atomic E-state index is 13.1. The Hall–Kier alpha value is -4.19. The third-order valence-corrected chi connectivity index (χ3v) is 5.24. The van der Waals surface area contributed by atoms with Crippen LogP contribution in [0.4, 0.5) is 5.82 Å². The fourth-order valence-electron chi connectivity index (χ4n) is 3.83. The number of pyridine rings is 3. The highest BCUT2D eigenvalue weighted by molar-refractivity contribution is 6.05. The minimum Gasteiger partial charge on any atom is -0.492 e. The third-order valence-electron chi connectivity index (χ3n) is 5.24. The van der Waals surface area contributed by atoms with Crippen molar-refractivity contribution in [3.05, 3.63) is 89.5 Å². The lowest BCUT2D eigenvalue weighted by molar-refractivity contribution is 0.339. The Balaban J connectivity index is 1.86. The molecule has 6 nitrogen and oxygen atoms in total. The third kappa shape index (κ3) is 3.28. The Kier molecular flexibility index (Phi) is 4.59. The zero-order valence-corrected chi connectivity index (χ0v) is 16.9. The van der Waals surface area contributed by atoms with Crippen LogP contribution in [0.1, 0.15) is 6.92 Å². The van der Waals surface area contributed by atoms with E-state index in [1.807, 2.05) is 55.5 Å². The van der Waals surface area contributed by atoms with Crippen molar-refractivity contribution < 1.29 is 4.74 Å². The van der Waals surface area contributed by atoms with Crippen LogP contribution in [0, 0.1) is 0 Å². The van der Waals surface area contributed by atoms with Gasteiger partial charge >= 0.3 is 0 Å². The first kappa shape index (κ1) is 18.8. The van der Waals surface area contributed by atoms with Crippen molar-refractivity contribution in [2.24, 2.45) is 0 Å². The Labute approximate surface area is 178 Å². The number of hydrogen-bond acceptors (Lipinski definition) is 5. The maximum atomic E-state index is 13.1. The molecule has 3 heterocycles. The normalized spacial score (nSPS) is 11.1. The molecule has 5 aromatic rings. The van der Waals surface area contributed by atoms with Crippen LogP contribution in [-0.2, 0) is 0 Å². The van der Waals surface area contributed by atoms with Gasteiger partial charge in [0.2, 0.25) is 0 Å². The van der Waals surface area contributed by atoms with Crippen LogP contribution in [0.3, 0.4) is 0 Å². The summed E-state index contributed by atoms with van der Waals surface area (Å²) in [6, 6.07) is 20.6. The van der Waals surface area contributed by atoms with E-state index < -0.39 is 0 Å².